The first-order valence-electron chi connectivity index (χ1n) is 9.53. The minimum atomic E-state index is -0.268. The fourth-order valence-corrected chi connectivity index (χ4v) is 3.10. The van der Waals surface area contributed by atoms with Crippen molar-refractivity contribution in [2.45, 2.75) is 13.0 Å². The van der Waals surface area contributed by atoms with Gasteiger partial charge in [-0.2, -0.15) is 0 Å². The summed E-state index contributed by atoms with van der Waals surface area (Å²) in [7, 11) is 1.58. The van der Waals surface area contributed by atoms with Crippen LogP contribution in [0, 0.1) is 0 Å². The maximum absolute atomic E-state index is 13.0. The smallest absolute Gasteiger partial charge is 0.244 e. The third-order valence-corrected chi connectivity index (χ3v) is 4.80. The second-order valence-electron chi connectivity index (χ2n) is 6.82. The van der Waals surface area contributed by atoms with Gasteiger partial charge in [-0.25, -0.2) is 0 Å². The average molecular weight is 423 g/mol. The van der Waals surface area contributed by atoms with E-state index >= 15 is 0 Å². The van der Waals surface area contributed by atoms with Crippen molar-refractivity contribution in [1.29, 1.82) is 0 Å². The number of hydrogen-bond donors (Lipinski definition) is 1. The molecule has 0 atom stereocenters. The van der Waals surface area contributed by atoms with E-state index in [9.17, 15) is 9.59 Å². The predicted molar refractivity (Wildman–Crippen MR) is 119 cm³/mol. The maximum Gasteiger partial charge on any atom is 0.244 e. The Balaban J connectivity index is 1.70. The van der Waals surface area contributed by atoms with Gasteiger partial charge in [0, 0.05) is 17.3 Å². The van der Waals surface area contributed by atoms with Gasteiger partial charge in [-0.05, 0) is 47.5 Å². The molecule has 2 amide bonds. The number of benzene rings is 3. The molecule has 0 saturated heterocycles. The molecule has 0 bridgehead atoms. The highest BCUT2D eigenvalue weighted by Gasteiger charge is 2.18. The predicted octanol–water partition coefficient (Wildman–Crippen LogP) is 4.56. The second kappa shape index (κ2) is 10.5. The van der Waals surface area contributed by atoms with Crippen molar-refractivity contribution in [2.75, 3.05) is 19.0 Å². The molecule has 0 aliphatic rings. The number of ether oxygens (including phenoxy) is 1. The molecule has 6 heteroatoms. The summed E-state index contributed by atoms with van der Waals surface area (Å²) in [5.74, 6) is 0.312. The molecule has 3 aromatic carbocycles. The minimum Gasteiger partial charge on any atom is -0.497 e. The third-order valence-electron chi connectivity index (χ3n) is 4.55. The molecule has 0 aliphatic carbocycles. The van der Waals surface area contributed by atoms with Crippen LogP contribution in [0.2, 0.25) is 5.02 Å². The van der Waals surface area contributed by atoms with Crippen LogP contribution < -0.4 is 10.1 Å². The summed E-state index contributed by atoms with van der Waals surface area (Å²) in [4.78, 5) is 27.1. The van der Waals surface area contributed by atoms with Gasteiger partial charge in [0.2, 0.25) is 11.8 Å². The van der Waals surface area contributed by atoms with Crippen molar-refractivity contribution in [2.24, 2.45) is 0 Å². The Hall–Kier alpha value is -3.31. The van der Waals surface area contributed by atoms with Crippen LogP contribution in [0.1, 0.15) is 11.1 Å². The molecule has 0 radical (unpaired) electrons. The number of amides is 2. The number of methoxy groups -OCH3 is 1. The van der Waals surface area contributed by atoms with Crippen LogP contribution in [-0.4, -0.2) is 30.4 Å². The zero-order chi connectivity index (χ0) is 21.3. The van der Waals surface area contributed by atoms with Gasteiger partial charge in [0.05, 0.1) is 13.5 Å². The number of carbonyl (C=O) groups is 2. The summed E-state index contributed by atoms with van der Waals surface area (Å²) in [6, 6.07) is 23.8. The topological polar surface area (TPSA) is 58.6 Å². The lowest BCUT2D eigenvalue weighted by molar-refractivity contribution is -0.134. The summed E-state index contributed by atoms with van der Waals surface area (Å²) in [5.41, 5.74) is 2.44. The Morgan fingerprint density at radius 2 is 1.57 bits per heavy atom. The quantitative estimate of drug-likeness (QED) is 0.579. The lowest BCUT2D eigenvalue weighted by atomic mass is 10.1. The van der Waals surface area contributed by atoms with Gasteiger partial charge in [0.15, 0.2) is 0 Å². The molecule has 30 heavy (non-hydrogen) atoms. The van der Waals surface area contributed by atoms with Crippen LogP contribution in [0.3, 0.4) is 0 Å². The van der Waals surface area contributed by atoms with E-state index in [0.717, 1.165) is 11.1 Å². The Labute approximate surface area is 181 Å². The van der Waals surface area contributed by atoms with Gasteiger partial charge in [0.1, 0.15) is 12.3 Å². The molecule has 0 unspecified atom stereocenters. The molecule has 0 spiro atoms. The van der Waals surface area contributed by atoms with Crippen molar-refractivity contribution in [3.8, 4) is 5.75 Å². The van der Waals surface area contributed by atoms with E-state index in [-0.39, 0.29) is 24.8 Å². The van der Waals surface area contributed by atoms with Gasteiger partial charge >= 0.3 is 0 Å². The Bertz CT molecular complexity index is 974. The normalized spacial score (nSPS) is 10.3. The third kappa shape index (κ3) is 6.36. The lowest BCUT2D eigenvalue weighted by Crippen LogP contribution is -2.38. The molecule has 3 rings (SSSR count). The molecule has 154 valence electrons. The first-order chi connectivity index (χ1) is 14.5. The summed E-state index contributed by atoms with van der Waals surface area (Å²) < 4.78 is 5.13. The molecule has 0 heterocycles. The van der Waals surface area contributed by atoms with E-state index in [0.29, 0.717) is 23.0 Å². The Morgan fingerprint density at radius 3 is 2.20 bits per heavy atom. The number of rotatable bonds is 8. The summed E-state index contributed by atoms with van der Waals surface area (Å²) in [5, 5.41) is 3.45. The molecule has 5 nitrogen and oxygen atoms in total. The van der Waals surface area contributed by atoms with Gasteiger partial charge < -0.3 is 15.0 Å². The van der Waals surface area contributed by atoms with Crippen molar-refractivity contribution < 1.29 is 14.3 Å². The maximum atomic E-state index is 13.0. The van der Waals surface area contributed by atoms with Crippen LogP contribution >= 0.6 is 11.6 Å². The van der Waals surface area contributed by atoms with E-state index in [2.05, 4.69) is 5.32 Å². The van der Waals surface area contributed by atoms with Gasteiger partial charge in [-0.3, -0.25) is 9.59 Å². The second-order valence-corrected chi connectivity index (χ2v) is 7.25. The Kier molecular flexibility index (Phi) is 7.46. The number of hydrogen-bond acceptors (Lipinski definition) is 3. The van der Waals surface area contributed by atoms with Crippen molar-refractivity contribution in [1.82, 2.24) is 4.90 Å². The van der Waals surface area contributed by atoms with Crippen LogP contribution in [0.15, 0.2) is 78.9 Å². The van der Waals surface area contributed by atoms with Crippen molar-refractivity contribution in [3.05, 3.63) is 95.0 Å². The van der Waals surface area contributed by atoms with E-state index in [1.165, 1.54) is 0 Å². The van der Waals surface area contributed by atoms with Crippen molar-refractivity contribution in [3.63, 3.8) is 0 Å². The minimum absolute atomic E-state index is 0.0552. The van der Waals surface area contributed by atoms with Crippen LogP contribution in [-0.2, 0) is 22.6 Å². The monoisotopic (exact) mass is 422 g/mol. The van der Waals surface area contributed by atoms with Crippen LogP contribution in [0.4, 0.5) is 5.69 Å². The molecular weight excluding hydrogens is 400 g/mol. The molecule has 0 aromatic heterocycles. The SMILES string of the molecule is COc1ccc(NC(=O)CN(Cc2ccc(Cl)cc2)C(=O)Cc2ccccc2)cc1. The number of halogens is 1. The zero-order valence-corrected chi connectivity index (χ0v) is 17.4. The first kappa shape index (κ1) is 21.4. The van der Waals surface area contributed by atoms with Gasteiger partial charge in [0.25, 0.3) is 0 Å². The molecule has 0 saturated carbocycles. The number of carbonyl (C=O) groups excluding carboxylic acids is 2. The highest BCUT2D eigenvalue weighted by molar-refractivity contribution is 6.30. The highest BCUT2D eigenvalue weighted by atomic mass is 35.5. The molecule has 3 aromatic rings. The number of anilines is 1. The summed E-state index contributed by atoms with van der Waals surface area (Å²) in [6.45, 7) is 0.263. The van der Waals surface area contributed by atoms with E-state index in [4.69, 9.17) is 16.3 Å². The van der Waals surface area contributed by atoms with Crippen molar-refractivity contribution >= 4 is 29.1 Å². The lowest BCUT2D eigenvalue weighted by Gasteiger charge is -2.23. The van der Waals surface area contributed by atoms with E-state index < -0.39 is 0 Å². The Morgan fingerprint density at radius 1 is 0.900 bits per heavy atom. The molecule has 1 N–H and O–H groups in total. The standard InChI is InChI=1S/C24H23ClN2O3/c1-30-22-13-11-21(12-14-22)26-23(28)17-27(16-19-7-9-20(25)10-8-19)24(29)15-18-5-3-2-4-6-18/h2-14H,15-17H2,1H3,(H,26,28). The summed E-state index contributed by atoms with van der Waals surface area (Å²) >= 11 is 5.96. The first-order valence-corrected chi connectivity index (χ1v) is 9.91. The average Bonchev–Trinajstić information content (AvgIpc) is 2.76. The largest absolute Gasteiger partial charge is 0.497 e. The molecule has 0 fully saturated rings. The van der Waals surface area contributed by atoms with Gasteiger partial charge in [-0.15, -0.1) is 0 Å². The fraction of sp³-hybridized carbons (Fsp3) is 0.167. The molecule has 0 aliphatic heterocycles. The highest BCUT2D eigenvalue weighted by Crippen LogP contribution is 2.16. The van der Waals surface area contributed by atoms with E-state index in [1.54, 1.807) is 48.4 Å². The number of nitrogens with zero attached hydrogens (tertiary/aromatic N) is 1. The number of nitrogens with one attached hydrogen (secondary N) is 1. The van der Waals surface area contributed by atoms with Crippen LogP contribution in [0.25, 0.3) is 0 Å². The zero-order valence-electron chi connectivity index (χ0n) is 16.7. The van der Waals surface area contributed by atoms with E-state index in [1.807, 2.05) is 42.5 Å². The van der Waals surface area contributed by atoms with Crippen LogP contribution in [0.5, 0.6) is 5.75 Å². The summed E-state index contributed by atoms with van der Waals surface area (Å²) in [6.07, 6.45) is 0.226. The fourth-order valence-electron chi connectivity index (χ4n) is 2.97. The molecular formula is C24H23ClN2O3. The van der Waals surface area contributed by atoms with Gasteiger partial charge in [-0.1, -0.05) is 54.1 Å².